The van der Waals surface area contributed by atoms with Crippen molar-refractivity contribution in [3.63, 3.8) is 0 Å². The van der Waals surface area contributed by atoms with E-state index in [4.69, 9.17) is 10.5 Å². The summed E-state index contributed by atoms with van der Waals surface area (Å²) in [5.74, 6) is 0.0769. The molecule has 94 valence electrons. The van der Waals surface area contributed by atoms with Crippen LogP contribution in [0.5, 0.6) is 0 Å². The predicted octanol–water partition coefficient (Wildman–Crippen LogP) is 1.19. The van der Waals surface area contributed by atoms with Crippen molar-refractivity contribution in [3.05, 3.63) is 0 Å². The zero-order valence-electron chi connectivity index (χ0n) is 10.4. The molecule has 1 aliphatic carbocycles. The van der Waals surface area contributed by atoms with Crippen molar-refractivity contribution in [2.24, 2.45) is 5.73 Å². The molecule has 0 heterocycles. The van der Waals surface area contributed by atoms with Gasteiger partial charge in [-0.1, -0.05) is 12.8 Å². The Bertz CT molecular complexity index is 225. The van der Waals surface area contributed by atoms with Crippen LogP contribution in [0, 0.1) is 0 Å². The van der Waals surface area contributed by atoms with E-state index in [2.05, 4.69) is 5.32 Å². The van der Waals surface area contributed by atoms with E-state index in [9.17, 15) is 4.79 Å². The Balaban J connectivity index is 2.24. The first-order valence-electron chi connectivity index (χ1n) is 6.13. The molecular weight excluding hydrogens is 204 g/mol. The molecule has 0 aromatic carbocycles. The van der Waals surface area contributed by atoms with Crippen LogP contribution in [0.2, 0.25) is 0 Å². The Hall–Kier alpha value is -0.610. The summed E-state index contributed by atoms with van der Waals surface area (Å²) >= 11 is 0. The minimum atomic E-state index is -0.245. The van der Waals surface area contributed by atoms with E-state index in [0.717, 1.165) is 32.1 Å². The van der Waals surface area contributed by atoms with E-state index < -0.39 is 0 Å². The third-order valence-corrected chi connectivity index (χ3v) is 3.27. The number of hydrogen-bond donors (Lipinski definition) is 2. The largest absolute Gasteiger partial charge is 0.385 e. The van der Waals surface area contributed by atoms with E-state index in [0.29, 0.717) is 13.0 Å². The fraction of sp³-hybridized carbons (Fsp3) is 0.917. The lowest BCUT2D eigenvalue weighted by molar-refractivity contribution is -0.122. The molecule has 16 heavy (non-hydrogen) atoms. The normalized spacial score (nSPS) is 20.7. The van der Waals surface area contributed by atoms with Crippen LogP contribution in [-0.2, 0) is 9.53 Å². The van der Waals surface area contributed by atoms with Crippen LogP contribution >= 0.6 is 0 Å². The zero-order chi connectivity index (χ0) is 12.0. The lowest BCUT2D eigenvalue weighted by atomic mass is 9.94. The molecule has 0 aromatic heterocycles. The molecule has 1 fully saturated rings. The number of nitrogens with one attached hydrogen (secondary N) is 1. The van der Waals surface area contributed by atoms with Crippen molar-refractivity contribution in [3.8, 4) is 0 Å². The van der Waals surface area contributed by atoms with Gasteiger partial charge in [-0.15, -0.1) is 0 Å². The molecule has 0 aromatic rings. The number of nitrogens with two attached hydrogens (primary N) is 1. The smallest absolute Gasteiger partial charge is 0.222 e. The highest BCUT2D eigenvalue weighted by atomic mass is 16.5. The predicted molar refractivity (Wildman–Crippen MR) is 64.1 cm³/mol. The molecule has 1 aliphatic rings. The summed E-state index contributed by atoms with van der Waals surface area (Å²) in [4.78, 5) is 11.7. The fourth-order valence-corrected chi connectivity index (χ4v) is 2.27. The maximum atomic E-state index is 11.7. The molecule has 0 bridgehead atoms. The van der Waals surface area contributed by atoms with Gasteiger partial charge in [-0.05, 0) is 26.2 Å². The molecule has 0 aliphatic heterocycles. The van der Waals surface area contributed by atoms with Gasteiger partial charge in [0.25, 0.3) is 0 Å². The van der Waals surface area contributed by atoms with Crippen molar-refractivity contribution < 1.29 is 9.53 Å². The van der Waals surface area contributed by atoms with Gasteiger partial charge >= 0.3 is 0 Å². The maximum Gasteiger partial charge on any atom is 0.222 e. The molecule has 4 nitrogen and oxygen atoms in total. The SMILES string of the molecule is COCCC(C)NC(=O)CC1(N)CCCC1. The summed E-state index contributed by atoms with van der Waals surface area (Å²) in [6.07, 6.45) is 5.58. The van der Waals surface area contributed by atoms with Crippen molar-refractivity contribution in [2.75, 3.05) is 13.7 Å². The highest BCUT2D eigenvalue weighted by Gasteiger charge is 2.31. The molecule has 0 radical (unpaired) electrons. The Morgan fingerprint density at radius 3 is 2.69 bits per heavy atom. The van der Waals surface area contributed by atoms with E-state index in [1.54, 1.807) is 7.11 Å². The highest BCUT2D eigenvalue weighted by molar-refractivity contribution is 5.77. The minimum Gasteiger partial charge on any atom is -0.385 e. The highest BCUT2D eigenvalue weighted by Crippen LogP contribution is 2.29. The number of ether oxygens (including phenoxy) is 1. The average Bonchev–Trinajstić information content (AvgIpc) is 2.61. The third kappa shape index (κ3) is 4.49. The van der Waals surface area contributed by atoms with Gasteiger partial charge in [0.2, 0.25) is 5.91 Å². The van der Waals surface area contributed by atoms with Gasteiger partial charge in [-0.3, -0.25) is 4.79 Å². The third-order valence-electron chi connectivity index (χ3n) is 3.27. The van der Waals surface area contributed by atoms with E-state index in [1.807, 2.05) is 6.92 Å². The van der Waals surface area contributed by atoms with Crippen molar-refractivity contribution in [1.29, 1.82) is 0 Å². The molecule has 1 amide bonds. The number of amides is 1. The van der Waals surface area contributed by atoms with E-state index in [1.165, 1.54) is 0 Å². The number of carbonyl (C=O) groups is 1. The maximum absolute atomic E-state index is 11.7. The van der Waals surface area contributed by atoms with E-state index in [-0.39, 0.29) is 17.5 Å². The Kier molecular flexibility index (Phi) is 5.22. The Morgan fingerprint density at radius 2 is 2.12 bits per heavy atom. The molecular formula is C12H24N2O2. The number of hydrogen-bond acceptors (Lipinski definition) is 3. The van der Waals surface area contributed by atoms with Gasteiger partial charge in [-0.2, -0.15) is 0 Å². The van der Waals surface area contributed by atoms with Crippen LogP contribution in [-0.4, -0.2) is 31.2 Å². The molecule has 1 saturated carbocycles. The number of carbonyl (C=O) groups excluding carboxylic acids is 1. The van der Waals surface area contributed by atoms with Crippen LogP contribution in [0.1, 0.15) is 45.4 Å². The summed E-state index contributed by atoms with van der Waals surface area (Å²) in [5.41, 5.74) is 5.91. The molecule has 0 spiro atoms. The quantitative estimate of drug-likeness (QED) is 0.717. The molecule has 1 atom stereocenters. The second kappa shape index (κ2) is 6.21. The molecule has 0 saturated heterocycles. The van der Waals surface area contributed by atoms with Crippen molar-refractivity contribution in [2.45, 2.75) is 57.0 Å². The average molecular weight is 228 g/mol. The van der Waals surface area contributed by atoms with E-state index >= 15 is 0 Å². The second-order valence-corrected chi connectivity index (χ2v) is 5.00. The summed E-state index contributed by atoms with van der Waals surface area (Å²) in [6, 6.07) is 0.164. The number of rotatable bonds is 6. The van der Waals surface area contributed by atoms with Crippen LogP contribution < -0.4 is 11.1 Å². The molecule has 4 heteroatoms. The number of methoxy groups -OCH3 is 1. The van der Waals surface area contributed by atoms with Gasteiger partial charge in [0, 0.05) is 31.7 Å². The lowest BCUT2D eigenvalue weighted by Gasteiger charge is -2.24. The monoisotopic (exact) mass is 228 g/mol. The minimum absolute atomic E-state index is 0.0769. The summed E-state index contributed by atoms with van der Waals surface area (Å²) < 4.78 is 4.97. The van der Waals surface area contributed by atoms with Gasteiger partial charge in [0.1, 0.15) is 0 Å². The van der Waals surface area contributed by atoms with Gasteiger partial charge in [-0.25, -0.2) is 0 Å². The topological polar surface area (TPSA) is 64.3 Å². The first kappa shape index (κ1) is 13.5. The standard InChI is InChI=1S/C12H24N2O2/c1-10(5-8-16-2)14-11(15)9-12(13)6-3-4-7-12/h10H,3-9,13H2,1-2H3,(H,14,15). The molecule has 1 unspecified atom stereocenters. The van der Waals surface area contributed by atoms with Crippen LogP contribution in [0.25, 0.3) is 0 Å². The first-order chi connectivity index (χ1) is 7.56. The van der Waals surface area contributed by atoms with Crippen LogP contribution in [0.15, 0.2) is 0 Å². The second-order valence-electron chi connectivity index (χ2n) is 5.00. The van der Waals surface area contributed by atoms with Crippen LogP contribution in [0.3, 0.4) is 0 Å². The van der Waals surface area contributed by atoms with Crippen molar-refractivity contribution in [1.82, 2.24) is 5.32 Å². The Labute approximate surface area is 97.9 Å². The zero-order valence-corrected chi connectivity index (χ0v) is 10.4. The molecule has 1 rings (SSSR count). The van der Waals surface area contributed by atoms with Gasteiger partial charge in [0.15, 0.2) is 0 Å². The first-order valence-corrected chi connectivity index (χ1v) is 6.13. The summed E-state index contributed by atoms with van der Waals surface area (Å²) in [5, 5.41) is 2.97. The lowest BCUT2D eigenvalue weighted by Crippen LogP contribution is -2.44. The van der Waals surface area contributed by atoms with Gasteiger partial charge in [0.05, 0.1) is 0 Å². The Morgan fingerprint density at radius 1 is 1.50 bits per heavy atom. The molecule has 3 N–H and O–H groups in total. The van der Waals surface area contributed by atoms with Crippen molar-refractivity contribution >= 4 is 5.91 Å². The van der Waals surface area contributed by atoms with Crippen LogP contribution in [0.4, 0.5) is 0 Å². The fourth-order valence-electron chi connectivity index (χ4n) is 2.27. The van der Waals surface area contributed by atoms with Gasteiger partial charge < -0.3 is 15.8 Å². The summed E-state index contributed by atoms with van der Waals surface area (Å²) in [7, 11) is 1.67. The summed E-state index contributed by atoms with van der Waals surface area (Å²) in [6.45, 7) is 2.67.